The molecule has 2 aliphatic heterocycles. The number of fused-ring (bicyclic) bond motifs is 1. The number of cyclic esters (lactones) is 1. The Kier molecular flexibility index (Phi) is 3.92. The number of hydrogen-bond acceptors (Lipinski definition) is 4. The lowest BCUT2D eigenvalue weighted by Gasteiger charge is -2.41. The Morgan fingerprint density at radius 2 is 2.25 bits per heavy atom. The average molecular weight is 275 g/mol. The molecule has 1 fully saturated rings. The Balaban J connectivity index is 1.49. The van der Waals surface area contributed by atoms with Crippen molar-refractivity contribution in [1.29, 1.82) is 0 Å². The highest BCUT2D eigenvalue weighted by Gasteiger charge is 2.29. The lowest BCUT2D eigenvalue weighted by Crippen LogP contribution is -2.48. The first kappa shape index (κ1) is 13.4. The maximum absolute atomic E-state index is 11.4. The van der Waals surface area contributed by atoms with Gasteiger partial charge >= 0.3 is 5.97 Å². The Morgan fingerprint density at radius 1 is 1.40 bits per heavy atom. The van der Waals surface area contributed by atoms with E-state index in [0.29, 0.717) is 18.1 Å². The highest BCUT2D eigenvalue weighted by Crippen LogP contribution is 2.29. The Labute approximate surface area is 119 Å². The first-order valence-corrected chi connectivity index (χ1v) is 7.40. The van der Waals surface area contributed by atoms with E-state index in [1.54, 1.807) is 0 Å². The van der Waals surface area contributed by atoms with Gasteiger partial charge in [0.25, 0.3) is 0 Å². The molecule has 0 radical (unpaired) electrons. The minimum Gasteiger partial charge on any atom is -0.457 e. The summed E-state index contributed by atoms with van der Waals surface area (Å²) in [5.41, 5.74) is 2.91. The summed E-state index contributed by atoms with van der Waals surface area (Å²) in [5, 5.41) is 0. The zero-order chi connectivity index (χ0) is 13.9. The molecule has 0 saturated carbocycles. The van der Waals surface area contributed by atoms with Crippen molar-refractivity contribution in [3.8, 4) is 0 Å². The third-order valence-electron chi connectivity index (χ3n) is 3.99. The molecule has 0 N–H and O–H groups in total. The molecule has 0 amide bonds. The maximum atomic E-state index is 11.4. The topological polar surface area (TPSA) is 38.8 Å². The molecule has 0 bridgehead atoms. The van der Waals surface area contributed by atoms with Crippen LogP contribution in [-0.4, -0.2) is 32.3 Å². The van der Waals surface area contributed by atoms with Crippen LogP contribution in [0.2, 0.25) is 0 Å². The van der Waals surface area contributed by atoms with Gasteiger partial charge in [0, 0.05) is 36.9 Å². The van der Waals surface area contributed by atoms with Gasteiger partial charge in [-0.15, -0.1) is 0 Å². The summed E-state index contributed by atoms with van der Waals surface area (Å²) >= 11 is 0. The summed E-state index contributed by atoms with van der Waals surface area (Å²) in [6.45, 7) is 6.42. The summed E-state index contributed by atoms with van der Waals surface area (Å²) in [6.07, 6.45) is 2.34. The van der Waals surface area contributed by atoms with E-state index in [1.807, 2.05) is 12.1 Å². The second-order valence-electron chi connectivity index (χ2n) is 5.62. The van der Waals surface area contributed by atoms with Gasteiger partial charge in [-0.25, -0.2) is 4.79 Å². The van der Waals surface area contributed by atoms with Crippen LogP contribution in [0.1, 0.15) is 35.7 Å². The number of esters is 1. The van der Waals surface area contributed by atoms with Gasteiger partial charge in [-0.1, -0.05) is 13.3 Å². The molecule has 2 aliphatic rings. The molecule has 4 nitrogen and oxygen atoms in total. The molecule has 108 valence electrons. The zero-order valence-electron chi connectivity index (χ0n) is 11.9. The van der Waals surface area contributed by atoms with Crippen molar-refractivity contribution < 1.29 is 14.3 Å². The second kappa shape index (κ2) is 5.83. The summed E-state index contributed by atoms with van der Waals surface area (Å²) in [6, 6.07) is 5.97. The highest BCUT2D eigenvalue weighted by molar-refractivity contribution is 5.93. The molecule has 0 atom stereocenters. The zero-order valence-corrected chi connectivity index (χ0v) is 11.9. The van der Waals surface area contributed by atoms with Crippen molar-refractivity contribution >= 4 is 11.7 Å². The molecular weight excluding hydrogens is 254 g/mol. The van der Waals surface area contributed by atoms with Crippen LogP contribution < -0.4 is 4.90 Å². The van der Waals surface area contributed by atoms with Crippen LogP contribution in [0.25, 0.3) is 0 Å². The van der Waals surface area contributed by atoms with Crippen LogP contribution in [0.4, 0.5) is 5.69 Å². The summed E-state index contributed by atoms with van der Waals surface area (Å²) in [7, 11) is 0. The largest absolute Gasteiger partial charge is 0.457 e. The summed E-state index contributed by atoms with van der Waals surface area (Å²) in [5.74, 6) is 0.440. The fourth-order valence-corrected chi connectivity index (χ4v) is 2.70. The molecule has 4 heteroatoms. The third kappa shape index (κ3) is 2.66. The van der Waals surface area contributed by atoms with Crippen molar-refractivity contribution in [2.24, 2.45) is 5.92 Å². The predicted octanol–water partition coefficient (Wildman–Crippen LogP) is 2.61. The number of benzene rings is 1. The van der Waals surface area contributed by atoms with Gasteiger partial charge in [0.15, 0.2) is 0 Å². The molecule has 0 spiro atoms. The van der Waals surface area contributed by atoms with E-state index < -0.39 is 0 Å². The van der Waals surface area contributed by atoms with E-state index in [9.17, 15) is 4.79 Å². The average Bonchev–Trinajstić information content (AvgIpc) is 2.78. The number of carbonyl (C=O) groups is 1. The van der Waals surface area contributed by atoms with E-state index in [0.717, 1.165) is 38.3 Å². The number of ether oxygens (including phenoxy) is 2. The monoisotopic (exact) mass is 275 g/mol. The van der Waals surface area contributed by atoms with Gasteiger partial charge in [0.2, 0.25) is 0 Å². The van der Waals surface area contributed by atoms with Crippen LogP contribution >= 0.6 is 0 Å². The van der Waals surface area contributed by atoms with Gasteiger partial charge in [0.05, 0.1) is 12.2 Å². The van der Waals surface area contributed by atoms with E-state index >= 15 is 0 Å². The van der Waals surface area contributed by atoms with Gasteiger partial charge in [-0.3, -0.25) is 0 Å². The normalized spacial score (nSPS) is 17.9. The van der Waals surface area contributed by atoms with Crippen molar-refractivity contribution in [1.82, 2.24) is 0 Å². The van der Waals surface area contributed by atoms with Gasteiger partial charge in [-0.05, 0) is 24.6 Å². The van der Waals surface area contributed by atoms with E-state index in [4.69, 9.17) is 9.47 Å². The first-order chi connectivity index (χ1) is 9.78. The van der Waals surface area contributed by atoms with Crippen molar-refractivity contribution in [3.63, 3.8) is 0 Å². The molecule has 0 unspecified atom stereocenters. The van der Waals surface area contributed by atoms with E-state index in [-0.39, 0.29) is 5.97 Å². The van der Waals surface area contributed by atoms with Crippen molar-refractivity contribution in [2.75, 3.05) is 31.2 Å². The van der Waals surface area contributed by atoms with Crippen LogP contribution in [-0.2, 0) is 16.1 Å². The number of carbonyl (C=O) groups excluding carboxylic acids is 1. The summed E-state index contributed by atoms with van der Waals surface area (Å²) in [4.78, 5) is 13.7. The van der Waals surface area contributed by atoms with Gasteiger partial charge in [0.1, 0.15) is 6.61 Å². The van der Waals surface area contributed by atoms with Gasteiger partial charge in [-0.2, -0.15) is 0 Å². The number of rotatable bonds is 6. The van der Waals surface area contributed by atoms with Crippen molar-refractivity contribution in [2.45, 2.75) is 26.4 Å². The third-order valence-corrected chi connectivity index (χ3v) is 3.99. The minimum atomic E-state index is -0.197. The quantitative estimate of drug-likeness (QED) is 0.591. The number of hydrogen-bond donors (Lipinski definition) is 0. The van der Waals surface area contributed by atoms with Gasteiger partial charge < -0.3 is 14.4 Å². The molecule has 1 saturated heterocycles. The number of nitrogens with zero attached hydrogens (tertiary/aromatic N) is 1. The Morgan fingerprint density at radius 3 is 3.05 bits per heavy atom. The molecule has 20 heavy (non-hydrogen) atoms. The maximum Gasteiger partial charge on any atom is 0.338 e. The lowest BCUT2D eigenvalue weighted by atomic mass is 9.99. The summed E-state index contributed by atoms with van der Waals surface area (Å²) < 4.78 is 10.7. The van der Waals surface area contributed by atoms with Crippen LogP contribution in [0.3, 0.4) is 0 Å². The van der Waals surface area contributed by atoms with E-state index in [2.05, 4.69) is 17.9 Å². The minimum absolute atomic E-state index is 0.197. The fraction of sp³-hybridized carbons (Fsp3) is 0.562. The van der Waals surface area contributed by atoms with Crippen LogP contribution in [0, 0.1) is 5.92 Å². The Hall–Kier alpha value is -1.55. The molecule has 1 aromatic rings. The molecule has 1 aromatic carbocycles. The molecular formula is C16H21NO3. The fourth-order valence-electron chi connectivity index (χ4n) is 2.70. The van der Waals surface area contributed by atoms with Crippen LogP contribution in [0.5, 0.6) is 0 Å². The van der Waals surface area contributed by atoms with Crippen molar-refractivity contribution in [3.05, 3.63) is 29.3 Å². The molecule has 0 aromatic heterocycles. The number of unbranched alkanes of at least 4 members (excludes halogenated alkanes) is 1. The predicted molar refractivity (Wildman–Crippen MR) is 77.0 cm³/mol. The van der Waals surface area contributed by atoms with E-state index in [1.165, 1.54) is 12.1 Å². The number of anilines is 1. The standard InChI is InChI=1S/C16H21NO3/c1-2-3-6-19-10-12-8-17(9-12)14-4-5-15-13(7-14)11-20-16(15)18/h4-5,7,12H,2-3,6,8-11H2,1H3. The smallest absolute Gasteiger partial charge is 0.338 e. The molecule has 0 aliphatic carbocycles. The highest BCUT2D eigenvalue weighted by atomic mass is 16.5. The molecule has 2 heterocycles. The SMILES string of the molecule is CCCCOCC1CN(c2ccc3c(c2)COC3=O)C1. The lowest BCUT2D eigenvalue weighted by molar-refractivity contribution is 0.0535. The first-order valence-electron chi connectivity index (χ1n) is 7.40. The Bertz CT molecular complexity index is 494. The van der Waals surface area contributed by atoms with Crippen LogP contribution in [0.15, 0.2) is 18.2 Å². The second-order valence-corrected chi connectivity index (χ2v) is 5.62. The molecule has 3 rings (SSSR count).